The number of nitrogens with zero attached hydrogens (tertiary/aromatic N) is 2. The fourth-order valence-electron chi connectivity index (χ4n) is 3.05. The molecule has 1 unspecified atom stereocenters. The first-order valence-electron chi connectivity index (χ1n) is 8.46. The predicted octanol–water partition coefficient (Wildman–Crippen LogP) is 3.53. The van der Waals surface area contributed by atoms with Crippen molar-refractivity contribution in [2.45, 2.75) is 19.3 Å². The summed E-state index contributed by atoms with van der Waals surface area (Å²) in [5.74, 6) is 0.795. The highest BCUT2D eigenvalue weighted by Crippen LogP contribution is 2.26. The summed E-state index contributed by atoms with van der Waals surface area (Å²) in [6.45, 7) is 1.52. The molecule has 1 aliphatic rings. The summed E-state index contributed by atoms with van der Waals surface area (Å²) >= 11 is 5.98. The molecule has 26 heavy (non-hydrogen) atoms. The van der Waals surface area contributed by atoms with Gasteiger partial charge >= 0.3 is 0 Å². The van der Waals surface area contributed by atoms with Crippen LogP contribution in [-0.4, -0.2) is 28.1 Å². The molecule has 0 fully saturated rings. The maximum Gasteiger partial charge on any atom is 0.251 e. The Bertz CT molecular complexity index is 907. The largest absolute Gasteiger partial charge is 0.367 e. The van der Waals surface area contributed by atoms with Gasteiger partial charge in [0.2, 0.25) is 0 Å². The number of imidazole rings is 1. The highest BCUT2D eigenvalue weighted by Gasteiger charge is 2.23. The summed E-state index contributed by atoms with van der Waals surface area (Å²) in [5.41, 5.74) is 2.73. The topological polar surface area (TPSA) is 56.2 Å². The molecule has 0 aliphatic carbocycles. The lowest BCUT2D eigenvalue weighted by atomic mass is 10.1. The molecule has 1 aliphatic heterocycles. The number of aromatic nitrogens is 2. The van der Waals surface area contributed by atoms with Gasteiger partial charge in [-0.05, 0) is 29.8 Å². The summed E-state index contributed by atoms with van der Waals surface area (Å²) in [4.78, 5) is 16.7. The molecular formula is C20H18ClN3O2. The molecule has 2 aromatic carbocycles. The van der Waals surface area contributed by atoms with E-state index >= 15 is 0 Å². The van der Waals surface area contributed by atoms with E-state index in [0.717, 1.165) is 17.1 Å². The third-order valence-electron chi connectivity index (χ3n) is 4.44. The third kappa shape index (κ3) is 3.49. The van der Waals surface area contributed by atoms with Crippen molar-refractivity contribution in [2.24, 2.45) is 0 Å². The van der Waals surface area contributed by atoms with E-state index in [9.17, 15) is 4.79 Å². The zero-order valence-corrected chi connectivity index (χ0v) is 14.8. The molecule has 0 bridgehead atoms. The van der Waals surface area contributed by atoms with Gasteiger partial charge in [-0.3, -0.25) is 4.79 Å². The number of hydrogen-bond acceptors (Lipinski definition) is 3. The fourth-order valence-corrected chi connectivity index (χ4v) is 3.18. The van der Waals surface area contributed by atoms with E-state index < -0.39 is 0 Å². The van der Waals surface area contributed by atoms with Crippen LogP contribution in [0.1, 0.15) is 16.2 Å². The van der Waals surface area contributed by atoms with Gasteiger partial charge in [0, 0.05) is 17.1 Å². The normalized spacial score (nSPS) is 16.1. The average molecular weight is 368 g/mol. The summed E-state index contributed by atoms with van der Waals surface area (Å²) in [6, 6.07) is 16.9. The van der Waals surface area contributed by atoms with E-state index in [4.69, 9.17) is 16.3 Å². The molecule has 0 radical (unpaired) electrons. The van der Waals surface area contributed by atoms with Gasteiger partial charge in [0.05, 0.1) is 24.5 Å². The van der Waals surface area contributed by atoms with Gasteiger partial charge in [-0.2, -0.15) is 0 Å². The Morgan fingerprint density at radius 1 is 1.19 bits per heavy atom. The lowest BCUT2D eigenvalue weighted by Gasteiger charge is -2.26. The van der Waals surface area contributed by atoms with E-state index in [1.165, 1.54) is 0 Å². The quantitative estimate of drug-likeness (QED) is 0.767. The Labute approximate surface area is 156 Å². The second-order valence-electron chi connectivity index (χ2n) is 6.19. The smallest absolute Gasteiger partial charge is 0.251 e. The van der Waals surface area contributed by atoms with Crippen molar-refractivity contribution in [3.63, 3.8) is 0 Å². The third-order valence-corrected chi connectivity index (χ3v) is 4.69. The minimum absolute atomic E-state index is 0.0939. The Balaban J connectivity index is 1.45. The van der Waals surface area contributed by atoms with Crippen LogP contribution in [-0.2, 0) is 17.9 Å². The van der Waals surface area contributed by atoms with Crippen LogP contribution in [0.5, 0.6) is 0 Å². The van der Waals surface area contributed by atoms with Crippen LogP contribution < -0.4 is 5.32 Å². The summed E-state index contributed by atoms with van der Waals surface area (Å²) < 4.78 is 7.98. The zero-order valence-electron chi connectivity index (χ0n) is 14.1. The Kier molecular flexibility index (Phi) is 4.73. The first kappa shape index (κ1) is 16.8. The number of fused-ring (bicyclic) bond motifs is 1. The van der Waals surface area contributed by atoms with Crippen molar-refractivity contribution in [2.75, 3.05) is 6.54 Å². The van der Waals surface area contributed by atoms with Gasteiger partial charge in [-0.15, -0.1) is 0 Å². The molecule has 0 saturated heterocycles. The van der Waals surface area contributed by atoms with Crippen LogP contribution in [0.3, 0.4) is 0 Å². The second kappa shape index (κ2) is 7.32. The van der Waals surface area contributed by atoms with Crippen molar-refractivity contribution >= 4 is 17.5 Å². The molecule has 132 valence electrons. The molecular weight excluding hydrogens is 350 g/mol. The van der Waals surface area contributed by atoms with E-state index in [0.29, 0.717) is 30.3 Å². The number of hydrogen-bond donors (Lipinski definition) is 1. The standard InChI is InChI=1S/C20H18ClN3O2/c21-16-8-6-14(7-9-16)18-11-22-19-13-26-17(12-24(18)19)10-23-20(25)15-4-2-1-3-5-15/h1-9,11,17H,10,12-13H2,(H,23,25). The van der Waals surface area contributed by atoms with Gasteiger partial charge in [0.25, 0.3) is 5.91 Å². The maximum absolute atomic E-state index is 12.2. The first-order valence-corrected chi connectivity index (χ1v) is 8.84. The number of benzene rings is 2. The summed E-state index contributed by atoms with van der Waals surface area (Å²) in [7, 11) is 0. The van der Waals surface area contributed by atoms with Crippen molar-refractivity contribution in [1.29, 1.82) is 0 Å². The molecule has 5 nitrogen and oxygen atoms in total. The monoisotopic (exact) mass is 367 g/mol. The lowest BCUT2D eigenvalue weighted by molar-refractivity contribution is 0.00374. The van der Waals surface area contributed by atoms with E-state index in [1.54, 1.807) is 12.1 Å². The van der Waals surface area contributed by atoms with Crippen LogP contribution in [0.2, 0.25) is 5.02 Å². The minimum Gasteiger partial charge on any atom is -0.367 e. The second-order valence-corrected chi connectivity index (χ2v) is 6.62. The van der Waals surface area contributed by atoms with Crippen molar-refractivity contribution in [1.82, 2.24) is 14.9 Å². The Morgan fingerprint density at radius 2 is 1.96 bits per heavy atom. The van der Waals surface area contributed by atoms with Gasteiger partial charge < -0.3 is 14.6 Å². The zero-order chi connectivity index (χ0) is 17.9. The van der Waals surface area contributed by atoms with E-state index in [1.807, 2.05) is 48.7 Å². The minimum atomic E-state index is -0.101. The average Bonchev–Trinajstić information content (AvgIpc) is 3.10. The number of ether oxygens (including phenoxy) is 1. The Morgan fingerprint density at radius 3 is 2.73 bits per heavy atom. The van der Waals surface area contributed by atoms with Gasteiger partial charge in [0.1, 0.15) is 12.4 Å². The maximum atomic E-state index is 12.2. The van der Waals surface area contributed by atoms with Crippen LogP contribution in [0.25, 0.3) is 11.3 Å². The molecule has 1 amide bonds. The molecule has 0 spiro atoms. The first-order chi connectivity index (χ1) is 12.7. The SMILES string of the molecule is O=C(NCC1Cn2c(-c3ccc(Cl)cc3)cnc2CO1)c1ccccc1. The molecule has 3 aromatic rings. The van der Waals surface area contributed by atoms with Crippen molar-refractivity contribution in [3.05, 3.63) is 77.2 Å². The van der Waals surface area contributed by atoms with E-state index in [-0.39, 0.29) is 12.0 Å². The molecule has 1 atom stereocenters. The summed E-state index contributed by atoms with van der Waals surface area (Å²) in [5, 5.41) is 3.65. The molecule has 6 heteroatoms. The highest BCUT2D eigenvalue weighted by atomic mass is 35.5. The molecule has 0 saturated carbocycles. The Hall–Kier alpha value is -2.63. The number of carbonyl (C=O) groups is 1. The number of nitrogens with one attached hydrogen (secondary N) is 1. The number of halogens is 1. The predicted molar refractivity (Wildman–Crippen MR) is 100 cm³/mol. The molecule has 2 heterocycles. The highest BCUT2D eigenvalue weighted by molar-refractivity contribution is 6.30. The van der Waals surface area contributed by atoms with Crippen LogP contribution in [0.4, 0.5) is 0 Å². The number of rotatable bonds is 4. The van der Waals surface area contributed by atoms with Crippen molar-refractivity contribution in [3.8, 4) is 11.3 Å². The van der Waals surface area contributed by atoms with E-state index in [2.05, 4.69) is 14.9 Å². The molecule has 1 N–H and O–H groups in total. The van der Waals surface area contributed by atoms with Gasteiger partial charge in [-0.25, -0.2) is 4.98 Å². The molecule has 1 aromatic heterocycles. The number of amides is 1. The fraction of sp³-hybridized carbons (Fsp3) is 0.200. The van der Waals surface area contributed by atoms with Crippen LogP contribution >= 0.6 is 11.6 Å². The van der Waals surface area contributed by atoms with Crippen LogP contribution in [0.15, 0.2) is 60.8 Å². The van der Waals surface area contributed by atoms with Gasteiger partial charge in [-0.1, -0.05) is 41.9 Å². The van der Waals surface area contributed by atoms with Crippen LogP contribution in [0, 0.1) is 0 Å². The van der Waals surface area contributed by atoms with Gasteiger partial charge in [0.15, 0.2) is 0 Å². The lowest BCUT2D eigenvalue weighted by Crippen LogP contribution is -2.39. The number of carbonyl (C=O) groups excluding carboxylic acids is 1. The van der Waals surface area contributed by atoms with Crippen molar-refractivity contribution < 1.29 is 9.53 Å². The summed E-state index contributed by atoms with van der Waals surface area (Å²) in [6.07, 6.45) is 1.75. The molecule has 4 rings (SSSR count).